The highest BCUT2D eigenvalue weighted by Gasteiger charge is 2.20. The molecule has 4 heterocycles. The van der Waals surface area contributed by atoms with Crippen molar-refractivity contribution in [3.8, 4) is 10.6 Å². The van der Waals surface area contributed by atoms with Crippen LogP contribution in [0.25, 0.3) is 10.6 Å². The molecule has 2 amide bonds. The van der Waals surface area contributed by atoms with Crippen molar-refractivity contribution in [2.45, 2.75) is 25.5 Å². The number of rotatable bonds is 5. The molecule has 1 aliphatic heterocycles. The lowest BCUT2D eigenvalue weighted by Gasteiger charge is -2.29. The Morgan fingerprint density at radius 2 is 2.17 bits per heavy atom. The van der Waals surface area contributed by atoms with Gasteiger partial charge in [-0.3, -0.25) is 15.2 Å². The van der Waals surface area contributed by atoms with Gasteiger partial charge in [0, 0.05) is 25.5 Å². The van der Waals surface area contributed by atoms with Gasteiger partial charge in [-0.15, -0.1) is 5.43 Å². The van der Waals surface area contributed by atoms with Crippen molar-refractivity contribution >= 4 is 23.2 Å². The maximum atomic E-state index is 12.5. The molecule has 1 fully saturated rings. The van der Waals surface area contributed by atoms with E-state index < -0.39 is 0 Å². The standard InChI is InChI=1S/C20H22N6O2S/c27-17-4-2-10-25(14-17)13-16-3-1-5-18(22-16)23-20(28)24-26-11-12-29-19(26)15-6-8-21-9-7-15/h1,3,5-9,11-12,17,27H,2,4,10,13-14H2,(H-,21,22,23,24,28)/p+1. The summed E-state index contributed by atoms with van der Waals surface area (Å²) in [4.78, 5) is 23.2. The van der Waals surface area contributed by atoms with Crippen molar-refractivity contribution in [3.05, 3.63) is 60.0 Å². The maximum absolute atomic E-state index is 12.5. The molecule has 0 aromatic carbocycles. The largest absolute Gasteiger partial charge is 0.392 e. The van der Waals surface area contributed by atoms with Gasteiger partial charge in [-0.2, -0.15) is 0 Å². The molecule has 3 aromatic rings. The van der Waals surface area contributed by atoms with Gasteiger partial charge in [-0.25, -0.2) is 9.78 Å². The molecule has 3 aromatic heterocycles. The summed E-state index contributed by atoms with van der Waals surface area (Å²) in [7, 11) is 0. The Bertz CT molecular complexity index is 964. The quantitative estimate of drug-likeness (QED) is 0.560. The number of carbonyl (C=O) groups excluding carboxylic acids is 1. The molecule has 3 N–H and O–H groups in total. The van der Waals surface area contributed by atoms with E-state index in [0.717, 1.165) is 35.7 Å². The summed E-state index contributed by atoms with van der Waals surface area (Å²) in [6.07, 6.45) is 6.80. The molecule has 0 bridgehead atoms. The number of thiazole rings is 1. The van der Waals surface area contributed by atoms with Crippen molar-refractivity contribution in [3.63, 3.8) is 0 Å². The minimum Gasteiger partial charge on any atom is -0.392 e. The summed E-state index contributed by atoms with van der Waals surface area (Å²) >= 11 is 1.52. The number of aliphatic hydroxyl groups is 1. The predicted molar refractivity (Wildman–Crippen MR) is 111 cm³/mol. The molecule has 0 saturated carbocycles. The smallest absolute Gasteiger partial charge is 0.373 e. The number of anilines is 1. The average molecular weight is 412 g/mol. The third-order valence-corrected chi connectivity index (χ3v) is 5.59. The first kappa shape index (κ1) is 19.4. The zero-order valence-electron chi connectivity index (χ0n) is 15.9. The minimum absolute atomic E-state index is 0.270. The van der Waals surface area contributed by atoms with Crippen LogP contribution in [0, 0.1) is 0 Å². The molecular weight excluding hydrogens is 388 g/mol. The molecule has 0 radical (unpaired) electrons. The fourth-order valence-corrected chi connectivity index (χ4v) is 4.17. The maximum Gasteiger partial charge on any atom is 0.373 e. The fraction of sp³-hybridized carbons (Fsp3) is 0.300. The molecule has 1 unspecified atom stereocenters. The van der Waals surface area contributed by atoms with Crippen molar-refractivity contribution in [2.75, 3.05) is 23.8 Å². The second-order valence-electron chi connectivity index (χ2n) is 6.93. The summed E-state index contributed by atoms with van der Waals surface area (Å²) in [5, 5.41) is 15.4. The Kier molecular flexibility index (Phi) is 6.09. The Hall–Kier alpha value is -2.88. The third-order valence-electron chi connectivity index (χ3n) is 4.67. The van der Waals surface area contributed by atoms with Crippen LogP contribution in [0.3, 0.4) is 0 Å². The first-order valence-electron chi connectivity index (χ1n) is 9.51. The molecule has 1 aliphatic rings. The number of nitrogens with zero attached hydrogens (tertiary/aromatic N) is 4. The van der Waals surface area contributed by atoms with Crippen LogP contribution in [0.5, 0.6) is 0 Å². The number of pyridine rings is 2. The molecule has 1 atom stereocenters. The molecule has 29 heavy (non-hydrogen) atoms. The van der Waals surface area contributed by atoms with Crippen molar-refractivity contribution in [1.82, 2.24) is 14.9 Å². The number of aromatic nitrogens is 3. The SMILES string of the molecule is O=C(Nc1cccc(CN2CCCC(O)C2)n1)N[n+]1ccsc1-c1ccncc1. The normalized spacial score (nSPS) is 17.1. The number of hydrogen-bond donors (Lipinski definition) is 3. The summed E-state index contributed by atoms with van der Waals surface area (Å²) < 4.78 is 1.67. The van der Waals surface area contributed by atoms with Gasteiger partial charge in [0.05, 0.1) is 22.7 Å². The fourth-order valence-electron chi connectivity index (χ4n) is 3.36. The molecule has 150 valence electrons. The van der Waals surface area contributed by atoms with E-state index in [0.29, 0.717) is 18.9 Å². The highest BCUT2D eigenvalue weighted by Crippen LogP contribution is 2.18. The van der Waals surface area contributed by atoms with E-state index in [2.05, 4.69) is 25.6 Å². The number of piperidine rings is 1. The molecule has 8 nitrogen and oxygen atoms in total. The van der Waals surface area contributed by atoms with Gasteiger partial charge in [0.15, 0.2) is 0 Å². The minimum atomic E-state index is -0.373. The summed E-state index contributed by atoms with van der Waals surface area (Å²) in [5.41, 5.74) is 4.65. The van der Waals surface area contributed by atoms with E-state index in [9.17, 15) is 9.90 Å². The van der Waals surface area contributed by atoms with Crippen molar-refractivity contribution in [2.24, 2.45) is 0 Å². The van der Waals surface area contributed by atoms with E-state index in [4.69, 9.17) is 0 Å². The van der Waals surface area contributed by atoms with Gasteiger partial charge in [0.25, 0.3) is 5.01 Å². The van der Waals surface area contributed by atoms with Crippen molar-refractivity contribution in [1.29, 1.82) is 0 Å². The van der Waals surface area contributed by atoms with Crippen LogP contribution in [0.1, 0.15) is 18.5 Å². The Morgan fingerprint density at radius 3 is 3.00 bits per heavy atom. The number of urea groups is 1. The number of likely N-dealkylation sites (tertiary alicyclic amines) is 1. The highest BCUT2D eigenvalue weighted by atomic mass is 32.1. The third kappa shape index (κ3) is 5.14. The molecular formula is C20H23N6O2S+. The lowest BCUT2D eigenvalue weighted by molar-refractivity contribution is -0.625. The number of β-amino-alcohol motifs (C(OH)–C–C–N with tert-alkyl or cyclic N) is 1. The highest BCUT2D eigenvalue weighted by molar-refractivity contribution is 7.12. The van der Waals surface area contributed by atoms with Gasteiger partial charge in [0.1, 0.15) is 5.82 Å². The number of carbonyl (C=O) groups is 1. The van der Waals surface area contributed by atoms with Crippen LogP contribution < -0.4 is 15.4 Å². The van der Waals surface area contributed by atoms with Gasteiger partial charge in [-0.1, -0.05) is 22.1 Å². The molecule has 0 spiro atoms. The van der Waals surface area contributed by atoms with Gasteiger partial charge < -0.3 is 5.11 Å². The Labute approximate surface area is 172 Å². The van der Waals surface area contributed by atoms with Crippen molar-refractivity contribution < 1.29 is 14.6 Å². The van der Waals surface area contributed by atoms with Crippen LogP contribution in [0.2, 0.25) is 0 Å². The lowest BCUT2D eigenvalue weighted by atomic mass is 10.1. The van der Waals surface area contributed by atoms with Gasteiger partial charge >= 0.3 is 6.03 Å². The topological polar surface area (TPSA) is 94.3 Å². The van der Waals surface area contributed by atoms with Crippen LogP contribution >= 0.6 is 11.3 Å². The van der Waals surface area contributed by atoms with Gasteiger partial charge in [-0.05, 0) is 43.7 Å². The molecule has 9 heteroatoms. The zero-order valence-corrected chi connectivity index (χ0v) is 16.7. The van der Waals surface area contributed by atoms with Crippen LogP contribution in [0.4, 0.5) is 10.6 Å². The summed E-state index contributed by atoms with van der Waals surface area (Å²) in [6.45, 7) is 2.26. The zero-order chi connectivity index (χ0) is 20.1. The average Bonchev–Trinajstić information content (AvgIpc) is 3.17. The van der Waals surface area contributed by atoms with Crippen LogP contribution in [0.15, 0.2) is 54.3 Å². The number of aliphatic hydroxyl groups excluding tert-OH is 1. The molecule has 1 saturated heterocycles. The predicted octanol–water partition coefficient (Wildman–Crippen LogP) is 2.22. The monoisotopic (exact) mass is 411 g/mol. The van der Waals surface area contributed by atoms with E-state index in [1.807, 2.05) is 29.6 Å². The number of nitrogens with one attached hydrogen (secondary N) is 2. The molecule has 0 aliphatic carbocycles. The lowest BCUT2D eigenvalue weighted by Crippen LogP contribution is -2.49. The van der Waals surface area contributed by atoms with Crippen LogP contribution in [-0.4, -0.2) is 45.2 Å². The number of amides is 2. The Morgan fingerprint density at radius 1 is 1.31 bits per heavy atom. The van der Waals surface area contributed by atoms with E-state index in [-0.39, 0.29) is 12.1 Å². The second-order valence-corrected chi connectivity index (χ2v) is 7.82. The summed E-state index contributed by atoms with van der Waals surface area (Å²) in [6, 6.07) is 8.98. The first-order valence-corrected chi connectivity index (χ1v) is 10.4. The van der Waals surface area contributed by atoms with E-state index in [1.165, 1.54) is 11.3 Å². The van der Waals surface area contributed by atoms with E-state index >= 15 is 0 Å². The second kappa shape index (κ2) is 9.08. The number of hydrogen-bond acceptors (Lipinski definition) is 6. The van der Waals surface area contributed by atoms with Gasteiger partial charge in [0.2, 0.25) is 6.20 Å². The van der Waals surface area contributed by atoms with E-state index in [1.54, 1.807) is 29.3 Å². The first-order chi connectivity index (χ1) is 14.2. The Balaban J connectivity index is 1.39. The molecule has 4 rings (SSSR count). The summed E-state index contributed by atoms with van der Waals surface area (Å²) in [5.74, 6) is 0.485. The van der Waals surface area contributed by atoms with Crippen LogP contribution in [-0.2, 0) is 6.54 Å².